The van der Waals surface area contributed by atoms with E-state index in [1.54, 1.807) is 29.2 Å². The van der Waals surface area contributed by atoms with Crippen LogP contribution in [0.2, 0.25) is 0 Å². The minimum atomic E-state index is -3.01. The Morgan fingerprint density at radius 3 is 2.52 bits per heavy atom. The van der Waals surface area contributed by atoms with Crippen molar-refractivity contribution in [3.63, 3.8) is 0 Å². The highest BCUT2D eigenvalue weighted by molar-refractivity contribution is 7.90. The summed E-state index contributed by atoms with van der Waals surface area (Å²) in [6.45, 7) is 2.35. The van der Waals surface area contributed by atoms with Gasteiger partial charge < -0.3 is 15.2 Å². The number of sulfone groups is 1. The van der Waals surface area contributed by atoms with Crippen LogP contribution in [0.15, 0.2) is 35.3 Å². The number of piperazine rings is 1. The minimum Gasteiger partial charge on any atom is -0.360 e. The number of rotatable bonds is 6. The predicted octanol–water partition coefficient (Wildman–Crippen LogP) is -0.553. The fourth-order valence-corrected chi connectivity index (χ4v) is 3.80. The summed E-state index contributed by atoms with van der Waals surface area (Å²) in [6, 6.07) is 6.90. The topological polar surface area (TPSA) is 120 Å². The molecule has 1 aliphatic heterocycles. The Hall–Kier alpha value is -2.72. The molecule has 0 radical (unpaired) electrons. The molecule has 0 aliphatic carbocycles. The molecule has 1 aliphatic rings. The smallest absolute Gasteiger partial charge is 0.257 e. The molecule has 10 heteroatoms. The number of benzene rings is 1. The Labute approximate surface area is 168 Å². The van der Waals surface area contributed by atoms with Crippen molar-refractivity contribution in [2.45, 2.75) is 0 Å². The fourth-order valence-electron chi connectivity index (χ4n) is 3.21. The van der Waals surface area contributed by atoms with Crippen LogP contribution in [0.25, 0.3) is 10.9 Å². The number of hydrogen-bond acceptors (Lipinski definition) is 6. The first-order valence-corrected chi connectivity index (χ1v) is 11.4. The van der Waals surface area contributed by atoms with E-state index in [0.29, 0.717) is 43.6 Å². The number of fused-ring (bicyclic) bond motifs is 1. The van der Waals surface area contributed by atoms with E-state index in [9.17, 15) is 22.8 Å². The monoisotopic (exact) mass is 420 g/mol. The molecule has 3 rings (SSSR count). The largest absolute Gasteiger partial charge is 0.360 e. The van der Waals surface area contributed by atoms with Crippen molar-refractivity contribution < 1.29 is 18.0 Å². The third-order valence-electron chi connectivity index (χ3n) is 4.94. The number of para-hydroxylation sites is 1. The lowest BCUT2D eigenvalue weighted by Gasteiger charge is -2.34. The van der Waals surface area contributed by atoms with Crippen molar-refractivity contribution in [2.24, 2.45) is 0 Å². The summed E-state index contributed by atoms with van der Waals surface area (Å²) in [4.78, 5) is 43.7. The fraction of sp³-hybridized carbons (Fsp3) is 0.421. The van der Waals surface area contributed by atoms with E-state index in [4.69, 9.17) is 0 Å². The number of aromatic nitrogens is 1. The molecular weight excluding hydrogens is 396 g/mol. The molecule has 1 saturated heterocycles. The van der Waals surface area contributed by atoms with E-state index < -0.39 is 15.7 Å². The van der Waals surface area contributed by atoms with E-state index in [1.807, 2.05) is 4.90 Å². The van der Waals surface area contributed by atoms with Gasteiger partial charge >= 0.3 is 0 Å². The maximum atomic E-state index is 12.5. The van der Waals surface area contributed by atoms with E-state index in [2.05, 4.69) is 10.3 Å². The number of pyridine rings is 1. The molecule has 0 spiro atoms. The Morgan fingerprint density at radius 1 is 1.14 bits per heavy atom. The minimum absolute atomic E-state index is 0.0397. The second kappa shape index (κ2) is 8.75. The van der Waals surface area contributed by atoms with Gasteiger partial charge in [-0.3, -0.25) is 19.3 Å². The highest BCUT2D eigenvalue weighted by Gasteiger charge is 2.22. The molecule has 9 nitrogen and oxygen atoms in total. The van der Waals surface area contributed by atoms with E-state index in [0.717, 1.165) is 0 Å². The number of carbonyl (C=O) groups excluding carboxylic acids is 2. The van der Waals surface area contributed by atoms with E-state index in [1.165, 1.54) is 12.5 Å². The van der Waals surface area contributed by atoms with Crippen LogP contribution in [0.3, 0.4) is 0 Å². The number of nitrogens with one attached hydrogen (secondary N) is 2. The summed E-state index contributed by atoms with van der Waals surface area (Å²) >= 11 is 0. The van der Waals surface area contributed by atoms with Crippen LogP contribution in [0, 0.1) is 0 Å². The quantitative estimate of drug-likeness (QED) is 0.647. The number of H-pyrrole nitrogens is 1. The van der Waals surface area contributed by atoms with Crippen LogP contribution in [0.4, 0.5) is 0 Å². The number of carbonyl (C=O) groups is 2. The molecule has 0 atom stereocenters. The zero-order valence-corrected chi connectivity index (χ0v) is 17.0. The molecule has 0 unspecified atom stereocenters. The zero-order valence-electron chi connectivity index (χ0n) is 16.2. The Bertz CT molecular complexity index is 1070. The maximum absolute atomic E-state index is 12.5. The van der Waals surface area contributed by atoms with Gasteiger partial charge in [0.15, 0.2) is 0 Å². The lowest BCUT2D eigenvalue weighted by Crippen LogP contribution is -2.52. The lowest BCUT2D eigenvalue weighted by atomic mass is 10.1. The standard InChI is InChI=1S/C19H24N4O5S/c1-29(27,28)11-10-22-6-8-23(9-7-22)17(24)13-21-19(26)15-12-20-16-5-3-2-4-14(16)18(15)25/h2-5,12H,6-11,13H2,1H3,(H,20,25)(H,21,26). The third-order valence-corrected chi connectivity index (χ3v) is 5.86. The van der Waals surface area contributed by atoms with Gasteiger partial charge in [-0.2, -0.15) is 0 Å². The van der Waals surface area contributed by atoms with Gasteiger partial charge in [0.05, 0.1) is 12.3 Å². The maximum Gasteiger partial charge on any atom is 0.257 e. The first kappa shape index (κ1) is 21.0. The van der Waals surface area contributed by atoms with Gasteiger partial charge in [-0.1, -0.05) is 12.1 Å². The van der Waals surface area contributed by atoms with Gasteiger partial charge in [0, 0.05) is 56.1 Å². The first-order chi connectivity index (χ1) is 13.7. The lowest BCUT2D eigenvalue weighted by molar-refractivity contribution is -0.131. The van der Waals surface area contributed by atoms with Crippen LogP contribution in [0.5, 0.6) is 0 Å². The van der Waals surface area contributed by atoms with E-state index in [-0.39, 0.29) is 29.2 Å². The number of nitrogens with zero attached hydrogens (tertiary/aromatic N) is 2. The summed E-state index contributed by atoms with van der Waals surface area (Å²) in [7, 11) is -3.01. The van der Waals surface area contributed by atoms with Crippen LogP contribution in [-0.2, 0) is 14.6 Å². The van der Waals surface area contributed by atoms with Gasteiger partial charge in [0.2, 0.25) is 11.3 Å². The summed E-state index contributed by atoms with van der Waals surface area (Å²) < 4.78 is 22.5. The van der Waals surface area contributed by atoms with Crippen molar-refractivity contribution in [3.8, 4) is 0 Å². The Kier molecular flexibility index (Phi) is 6.33. The summed E-state index contributed by atoms with van der Waals surface area (Å²) in [6.07, 6.45) is 2.56. The zero-order chi connectivity index (χ0) is 21.0. The third kappa shape index (κ3) is 5.42. The van der Waals surface area contributed by atoms with Crippen molar-refractivity contribution >= 4 is 32.6 Å². The molecule has 2 N–H and O–H groups in total. The van der Waals surface area contributed by atoms with Gasteiger partial charge in [-0.15, -0.1) is 0 Å². The summed E-state index contributed by atoms with van der Waals surface area (Å²) in [5.41, 5.74) is 0.213. The van der Waals surface area contributed by atoms with Gasteiger partial charge in [0.1, 0.15) is 15.4 Å². The molecule has 0 bridgehead atoms. The molecule has 156 valence electrons. The average molecular weight is 420 g/mol. The second-order valence-corrected chi connectivity index (χ2v) is 9.37. The molecule has 2 aromatic rings. The molecule has 1 aromatic heterocycles. The van der Waals surface area contributed by atoms with Crippen LogP contribution in [0.1, 0.15) is 10.4 Å². The van der Waals surface area contributed by atoms with Gasteiger partial charge in [-0.25, -0.2) is 8.42 Å². The number of aromatic amines is 1. The normalized spacial score (nSPS) is 15.4. The average Bonchev–Trinajstić information content (AvgIpc) is 2.70. The van der Waals surface area contributed by atoms with Crippen molar-refractivity contribution in [3.05, 3.63) is 46.2 Å². The van der Waals surface area contributed by atoms with Crippen molar-refractivity contribution in [2.75, 3.05) is 51.3 Å². The number of hydrogen-bond donors (Lipinski definition) is 2. The second-order valence-electron chi connectivity index (χ2n) is 7.11. The molecule has 29 heavy (non-hydrogen) atoms. The number of amides is 2. The molecule has 1 fully saturated rings. The van der Waals surface area contributed by atoms with E-state index >= 15 is 0 Å². The van der Waals surface area contributed by atoms with Crippen molar-refractivity contribution in [1.29, 1.82) is 0 Å². The Morgan fingerprint density at radius 2 is 1.83 bits per heavy atom. The van der Waals surface area contributed by atoms with Crippen molar-refractivity contribution in [1.82, 2.24) is 20.1 Å². The highest BCUT2D eigenvalue weighted by atomic mass is 32.2. The first-order valence-electron chi connectivity index (χ1n) is 9.31. The predicted molar refractivity (Wildman–Crippen MR) is 110 cm³/mol. The SMILES string of the molecule is CS(=O)(=O)CCN1CCN(C(=O)CNC(=O)c2c[nH]c3ccccc3c2=O)CC1. The molecule has 2 heterocycles. The summed E-state index contributed by atoms with van der Waals surface area (Å²) in [5.74, 6) is -0.743. The van der Waals surface area contributed by atoms with Gasteiger partial charge in [0.25, 0.3) is 5.91 Å². The molecule has 2 amide bonds. The van der Waals surface area contributed by atoms with Crippen LogP contribution >= 0.6 is 0 Å². The molecule has 0 saturated carbocycles. The molecular formula is C19H24N4O5S. The van der Waals surface area contributed by atoms with Crippen LogP contribution < -0.4 is 10.7 Å². The Balaban J connectivity index is 1.52. The highest BCUT2D eigenvalue weighted by Crippen LogP contribution is 2.07. The van der Waals surface area contributed by atoms with Crippen LogP contribution in [-0.4, -0.2) is 86.3 Å². The summed E-state index contributed by atoms with van der Waals surface area (Å²) in [5, 5.41) is 2.93. The van der Waals surface area contributed by atoms with Gasteiger partial charge in [-0.05, 0) is 12.1 Å². The molecule has 1 aromatic carbocycles.